The van der Waals surface area contributed by atoms with Gasteiger partial charge in [0.05, 0.1) is 0 Å². The molecule has 2 aliphatic heterocycles. The van der Waals surface area contributed by atoms with Crippen LogP contribution in [-0.4, -0.2) is 43.8 Å². The molecule has 4 nitrogen and oxygen atoms in total. The van der Waals surface area contributed by atoms with Crippen molar-refractivity contribution in [3.8, 4) is 11.5 Å². The van der Waals surface area contributed by atoms with Crippen LogP contribution in [0.1, 0.15) is 12.0 Å². The van der Waals surface area contributed by atoms with Gasteiger partial charge in [0.1, 0.15) is 13.2 Å². The molecule has 2 aliphatic rings. The van der Waals surface area contributed by atoms with Crippen molar-refractivity contribution in [3.05, 3.63) is 23.5 Å². The number of benzene rings is 1. The molecule has 104 valence electrons. The van der Waals surface area contributed by atoms with Gasteiger partial charge in [0.25, 0.3) is 0 Å². The average molecular weight is 266 g/mol. The first kappa shape index (κ1) is 12.7. The summed E-state index contributed by atoms with van der Waals surface area (Å²) >= 11 is 0. The van der Waals surface area contributed by atoms with Gasteiger partial charge in [-0.15, -0.1) is 0 Å². The largest absolute Gasteiger partial charge is 0.486 e. The van der Waals surface area contributed by atoms with Gasteiger partial charge in [0, 0.05) is 12.6 Å². The summed E-state index contributed by atoms with van der Waals surface area (Å²) in [6, 6.07) is 3.37. The van der Waals surface area contributed by atoms with Crippen molar-refractivity contribution in [2.75, 3.05) is 32.8 Å². The minimum atomic E-state index is -0.358. The third-order valence-electron chi connectivity index (χ3n) is 3.60. The van der Waals surface area contributed by atoms with Crippen LogP contribution in [0.15, 0.2) is 12.1 Å². The zero-order valence-corrected chi connectivity index (χ0v) is 10.9. The van der Waals surface area contributed by atoms with Crippen molar-refractivity contribution >= 4 is 0 Å². The second-order valence-electron chi connectivity index (χ2n) is 5.22. The number of nitrogens with two attached hydrogens (primary N) is 1. The van der Waals surface area contributed by atoms with Crippen LogP contribution < -0.4 is 15.2 Å². The fourth-order valence-electron chi connectivity index (χ4n) is 2.55. The molecule has 2 N–H and O–H groups in total. The molecule has 0 aromatic heterocycles. The lowest BCUT2D eigenvalue weighted by Gasteiger charge is -2.33. The van der Waals surface area contributed by atoms with E-state index >= 15 is 0 Å². The van der Waals surface area contributed by atoms with Crippen LogP contribution in [-0.2, 0) is 6.42 Å². The van der Waals surface area contributed by atoms with Crippen molar-refractivity contribution in [2.24, 2.45) is 5.73 Å². The summed E-state index contributed by atoms with van der Waals surface area (Å²) in [7, 11) is 0. The Morgan fingerprint density at radius 2 is 2.05 bits per heavy atom. The second kappa shape index (κ2) is 5.35. The number of fused-ring (bicyclic) bond motifs is 1. The summed E-state index contributed by atoms with van der Waals surface area (Å²) in [4.78, 5) is 2.32. The Morgan fingerprint density at radius 3 is 2.79 bits per heavy atom. The van der Waals surface area contributed by atoms with Crippen molar-refractivity contribution < 1.29 is 13.9 Å². The Bertz CT molecular complexity index is 463. The third-order valence-corrected chi connectivity index (χ3v) is 3.60. The molecule has 0 amide bonds. The highest BCUT2D eigenvalue weighted by Crippen LogP contribution is 2.34. The number of hydrogen-bond acceptors (Lipinski definition) is 4. The fraction of sp³-hybridized carbons (Fsp3) is 0.571. The molecular weight excluding hydrogens is 247 g/mol. The van der Waals surface area contributed by atoms with E-state index in [4.69, 9.17) is 15.2 Å². The van der Waals surface area contributed by atoms with Gasteiger partial charge in [-0.05, 0) is 43.6 Å². The fourth-order valence-corrected chi connectivity index (χ4v) is 2.55. The summed E-state index contributed by atoms with van der Waals surface area (Å²) in [5, 5.41) is 0. The van der Waals surface area contributed by atoms with E-state index in [1.54, 1.807) is 0 Å². The van der Waals surface area contributed by atoms with Crippen molar-refractivity contribution in [1.82, 2.24) is 4.90 Å². The predicted molar refractivity (Wildman–Crippen MR) is 70.1 cm³/mol. The number of hydrogen-bond donors (Lipinski definition) is 1. The van der Waals surface area contributed by atoms with Crippen LogP contribution in [0.2, 0.25) is 0 Å². The molecule has 1 aromatic rings. The Morgan fingerprint density at radius 1 is 1.26 bits per heavy atom. The average Bonchev–Trinajstić information content (AvgIpc) is 2.34. The van der Waals surface area contributed by atoms with Gasteiger partial charge >= 0.3 is 0 Å². The van der Waals surface area contributed by atoms with E-state index in [1.807, 2.05) is 6.07 Å². The van der Waals surface area contributed by atoms with E-state index in [0.29, 0.717) is 25.4 Å². The maximum atomic E-state index is 13.9. The maximum absolute atomic E-state index is 13.9. The van der Waals surface area contributed by atoms with Gasteiger partial charge in [0.15, 0.2) is 17.3 Å². The lowest BCUT2D eigenvalue weighted by Crippen LogP contribution is -2.45. The number of rotatable bonds is 4. The van der Waals surface area contributed by atoms with Gasteiger partial charge in [-0.2, -0.15) is 0 Å². The third kappa shape index (κ3) is 2.82. The summed E-state index contributed by atoms with van der Waals surface area (Å²) in [6.45, 7) is 4.00. The molecule has 0 radical (unpaired) electrons. The first-order chi connectivity index (χ1) is 9.22. The van der Waals surface area contributed by atoms with Gasteiger partial charge in [-0.3, -0.25) is 0 Å². The van der Waals surface area contributed by atoms with E-state index in [0.717, 1.165) is 25.2 Å². The number of nitrogens with zero attached hydrogens (tertiary/aromatic N) is 1. The Hall–Kier alpha value is -1.33. The molecule has 0 bridgehead atoms. The molecule has 1 unspecified atom stereocenters. The van der Waals surface area contributed by atoms with Crippen LogP contribution in [0.25, 0.3) is 0 Å². The van der Waals surface area contributed by atoms with Crippen molar-refractivity contribution in [3.63, 3.8) is 0 Å². The van der Waals surface area contributed by atoms with Gasteiger partial charge in [-0.25, -0.2) is 4.39 Å². The highest BCUT2D eigenvalue weighted by molar-refractivity contribution is 5.45. The molecule has 3 rings (SSSR count). The van der Waals surface area contributed by atoms with E-state index in [9.17, 15) is 4.39 Å². The van der Waals surface area contributed by atoms with E-state index in [1.165, 1.54) is 12.5 Å². The van der Waals surface area contributed by atoms with Gasteiger partial charge in [-0.1, -0.05) is 0 Å². The van der Waals surface area contributed by atoms with Crippen molar-refractivity contribution in [1.29, 1.82) is 0 Å². The second-order valence-corrected chi connectivity index (χ2v) is 5.22. The van der Waals surface area contributed by atoms with Crippen molar-refractivity contribution in [2.45, 2.75) is 18.9 Å². The normalized spacial score (nSPS) is 19.9. The predicted octanol–water partition coefficient (Wildman–Crippen LogP) is 1.17. The SMILES string of the molecule is NC(Cc1cc(F)c2c(c1)OCCO2)CN1CCC1. The van der Waals surface area contributed by atoms with Crippen LogP contribution in [0, 0.1) is 5.82 Å². The summed E-state index contributed by atoms with van der Waals surface area (Å²) in [6.07, 6.45) is 1.91. The lowest BCUT2D eigenvalue weighted by atomic mass is 10.0. The first-order valence-electron chi connectivity index (χ1n) is 6.78. The molecule has 2 heterocycles. The minimum absolute atomic E-state index is 0.0299. The van der Waals surface area contributed by atoms with Crippen LogP contribution >= 0.6 is 0 Å². The molecule has 1 aromatic carbocycles. The summed E-state index contributed by atoms with van der Waals surface area (Å²) < 4.78 is 24.6. The van der Waals surface area contributed by atoms with E-state index in [2.05, 4.69) is 4.90 Å². The standard InChI is InChI=1S/C14H19FN2O2/c15-12-7-10(6-11(16)9-17-2-1-3-17)8-13-14(12)19-5-4-18-13/h7-8,11H,1-6,9,16H2. The first-order valence-corrected chi connectivity index (χ1v) is 6.78. The zero-order chi connectivity index (χ0) is 13.2. The highest BCUT2D eigenvalue weighted by Gasteiger charge is 2.20. The maximum Gasteiger partial charge on any atom is 0.197 e. The van der Waals surface area contributed by atoms with E-state index in [-0.39, 0.29) is 17.6 Å². The van der Waals surface area contributed by atoms with Gasteiger partial charge < -0.3 is 20.1 Å². The Labute approximate surface area is 112 Å². The topological polar surface area (TPSA) is 47.7 Å². The minimum Gasteiger partial charge on any atom is -0.486 e. The molecule has 1 saturated heterocycles. The summed E-state index contributed by atoms with van der Waals surface area (Å²) in [5.41, 5.74) is 6.98. The number of halogens is 1. The Balaban J connectivity index is 1.68. The lowest BCUT2D eigenvalue weighted by molar-refractivity contribution is 0.163. The number of ether oxygens (including phenoxy) is 2. The van der Waals surface area contributed by atoms with Gasteiger partial charge in [0.2, 0.25) is 0 Å². The molecule has 0 saturated carbocycles. The van der Waals surface area contributed by atoms with Crippen LogP contribution in [0.5, 0.6) is 11.5 Å². The number of likely N-dealkylation sites (tertiary alicyclic amines) is 1. The summed E-state index contributed by atoms with van der Waals surface area (Å²) in [5.74, 6) is 0.368. The highest BCUT2D eigenvalue weighted by atomic mass is 19.1. The molecular formula is C14H19FN2O2. The smallest absolute Gasteiger partial charge is 0.197 e. The molecule has 0 aliphatic carbocycles. The quantitative estimate of drug-likeness (QED) is 0.889. The van der Waals surface area contributed by atoms with Crippen LogP contribution in [0.4, 0.5) is 4.39 Å². The molecule has 0 spiro atoms. The zero-order valence-electron chi connectivity index (χ0n) is 10.9. The molecule has 5 heteroatoms. The van der Waals surface area contributed by atoms with Crippen LogP contribution in [0.3, 0.4) is 0 Å². The molecule has 1 fully saturated rings. The molecule has 1 atom stereocenters. The Kier molecular flexibility index (Phi) is 3.57. The molecule has 19 heavy (non-hydrogen) atoms. The monoisotopic (exact) mass is 266 g/mol. The van der Waals surface area contributed by atoms with E-state index < -0.39 is 0 Å².